The van der Waals surface area contributed by atoms with Crippen molar-refractivity contribution >= 4 is 41.3 Å². The summed E-state index contributed by atoms with van der Waals surface area (Å²) in [6.45, 7) is 6.44. The predicted molar refractivity (Wildman–Crippen MR) is 99.7 cm³/mol. The average molecular weight is 349 g/mol. The highest BCUT2D eigenvalue weighted by atomic mass is 35.5. The van der Waals surface area contributed by atoms with Gasteiger partial charge in [0.25, 0.3) is 0 Å². The zero-order chi connectivity index (χ0) is 15.5. The van der Waals surface area contributed by atoms with Crippen LogP contribution in [0.3, 0.4) is 0 Å². The molecule has 5 heteroatoms. The fourth-order valence-electron chi connectivity index (χ4n) is 2.55. The summed E-state index contributed by atoms with van der Waals surface area (Å²) < 4.78 is 0. The zero-order valence-electron chi connectivity index (χ0n) is 13.3. The van der Waals surface area contributed by atoms with Crippen LogP contribution in [0, 0.1) is 0 Å². The van der Waals surface area contributed by atoms with Crippen molar-refractivity contribution in [1.29, 1.82) is 0 Å². The van der Waals surface area contributed by atoms with Crippen molar-refractivity contribution in [3.05, 3.63) is 48.0 Å². The largest absolute Gasteiger partial charge is 0.354 e. The van der Waals surface area contributed by atoms with Gasteiger partial charge in [-0.2, -0.15) is 0 Å². The lowest BCUT2D eigenvalue weighted by Gasteiger charge is -2.22. The number of carbonyl (C=O) groups is 1. The van der Waals surface area contributed by atoms with Crippen molar-refractivity contribution in [2.75, 3.05) is 25.0 Å². The molecule has 0 atom stereocenters. The topological polar surface area (TPSA) is 32.3 Å². The Kier molecular flexibility index (Phi) is 6.10. The molecule has 1 aliphatic heterocycles. The van der Waals surface area contributed by atoms with Crippen molar-refractivity contribution in [3.63, 3.8) is 0 Å². The molecule has 0 saturated heterocycles. The molecule has 2 aromatic carbocycles. The standard InChI is InChI=1S/C18H20N2OS.ClH/c1-3-20(4-2)12-16(21)13-9-10-18-15(11-13)19-14-7-5-6-8-17(14)22-18;/h5-11,19H,3-4,12H2,1-2H3;1H. The summed E-state index contributed by atoms with van der Waals surface area (Å²) in [5.74, 6) is 0.178. The Bertz CT molecular complexity index is 701. The van der Waals surface area contributed by atoms with Crippen LogP contribution in [0.15, 0.2) is 52.3 Å². The first-order valence-corrected chi connectivity index (χ1v) is 8.46. The molecule has 0 spiro atoms. The van der Waals surface area contributed by atoms with E-state index in [-0.39, 0.29) is 18.2 Å². The van der Waals surface area contributed by atoms with Crippen LogP contribution in [-0.4, -0.2) is 30.3 Å². The van der Waals surface area contributed by atoms with Gasteiger partial charge in [0.15, 0.2) is 5.78 Å². The minimum atomic E-state index is 0. The van der Waals surface area contributed by atoms with Crippen molar-refractivity contribution in [2.24, 2.45) is 0 Å². The van der Waals surface area contributed by atoms with Gasteiger partial charge in [0, 0.05) is 15.4 Å². The molecule has 23 heavy (non-hydrogen) atoms. The van der Waals surface area contributed by atoms with Crippen LogP contribution >= 0.6 is 24.2 Å². The monoisotopic (exact) mass is 348 g/mol. The maximum Gasteiger partial charge on any atom is 0.176 e. The number of nitrogens with zero attached hydrogens (tertiary/aromatic N) is 1. The maximum absolute atomic E-state index is 12.4. The Hall–Kier alpha value is -1.49. The van der Waals surface area contributed by atoms with Gasteiger partial charge in [-0.1, -0.05) is 43.8 Å². The van der Waals surface area contributed by atoms with Crippen LogP contribution in [0.4, 0.5) is 11.4 Å². The second-order valence-electron chi connectivity index (χ2n) is 5.32. The quantitative estimate of drug-likeness (QED) is 0.668. The number of benzene rings is 2. The molecule has 122 valence electrons. The summed E-state index contributed by atoms with van der Waals surface area (Å²) in [4.78, 5) is 17.0. The molecule has 2 aromatic rings. The van der Waals surface area contributed by atoms with Gasteiger partial charge in [0.05, 0.1) is 17.9 Å². The molecular formula is C18H21ClN2OS. The zero-order valence-corrected chi connectivity index (χ0v) is 15.0. The molecule has 0 aliphatic carbocycles. The Morgan fingerprint density at radius 2 is 1.74 bits per heavy atom. The fraction of sp³-hybridized carbons (Fsp3) is 0.278. The second-order valence-corrected chi connectivity index (χ2v) is 6.40. The van der Waals surface area contributed by atoms with Crippen LogP contribution in [0.25, 0.3) is 0 Å². The van der Waals surface area contributed by atoms with E-state index in [1.54, 1.807) is 11.8 Å². The molecule has 1 heterocycles. The molecule has 1 N–H and O–H groups in total. The summed E-state index contributed by atoms with van der Waals surface area (Å²) in [7, 11) is 0. The lowest BCUT2D eigenvalue weighted by atomic mass is 10.1. The second kappa shape index (κ2) is 7.86. The Balaban J connectivity index is 0.00000192. The number of ketones is 1. The number of rotatable bonds is 5. The van der Waals surface area contributed by atoms with Crippen molar-refractivity contribution in [1.82, 2.24) is 4.90 Å². The lowest BCUT2D eigenvalue weighted by Crippen LogP contribution is -2.29. The summed E-state index contributed by atoms with van der Waals surface area (Å²) in [5, 5.41) is 3.43. The molecule has 1 aliphatic rings. The van der Waals surface area contributed by atoms with Crippen LogP contribution in [-0.2, 0) is 0 Å². The Morgan fingerprint density at radius 3 is 2.48 bits per heavy atom. The Labute approximate surface area is 147 Å². The van der Waals surface area contributed by atoms with E-state index in [1.165, 1.54) is 4.90 Å². The summed E-state index contributed by atoms with van der Waals surface area (Å²) in [5.41, 5.74) is 2.90. The van der Waals surface area contributed by atoms with Gasteiger partial charge in [-0.3, -0.25) is 9.69 Å². The normalized spacial score (nSPS) is 12.0. The maximum atomic E-state index is 12.4. The van der Waals surface area contributed by atoms with E-state index in [0.29, 0.717) is 6.54 Å². The number of anilines is 2. The minimum absolute atomic E-state index is 0. The lowest BCUT2D eigenvalue weighted by molar-refractivity contribution is 0.0937. The molecule has 0 radical (unpaired) electrons. The summed E-state index contributed by atoms with van der Waals surface area (Å²) >= 11 is 1.74. The fourth-order valence-corrected chi connectivity index (χ4v) is 3.52. The van der Waals surface area contributed by atoms with Crippen LogP contribution in [0.2, 0.25) is 0 Å². The van der Waals surface area contributed by atoms with E-state index in [9.17, 15) is 4.79 Å². The van der Waals surface area contributed by atoms with E-state index in [2.05, 4.69) is 36.2 Å². The number of halogens is 1. The first-order valence-electron chi connectivity index (χ1n) is 7.64. The van der Waals surface area contributed by atoms with Gasteiger partial charge in [-0.05, 0) is 37.4 Å². The molecule has 0 fully saturated rings. The number of Topliss-reactive ketones (excluding diaryl/α,β-unsaturated/α-hetero) is 1. The third kappa shape index (κ3) is 3.89. The molecule has 0 unspecified atom stereocenters. The molecule has 0 saturated carbocycles. The highest BCUT2D eigenvalue weighted by Crippen LogP contribution is 2.44. The van der Waals surface area contributed by atoms with Crippen molar-refractivity contribution in [2.45, 2.75) is 23.6 Å². The number of fused-ring (bicyclic) bond motifs is 2. The number of hydrogen-bond donors (Lipinski definition) is 1. The van der Waals surface area contributed by atoms with Gasteiger partial charge < -0.3 is 5.32 Å². The van der Waals surface area contributed by atoms with Crippen LogP contribution < -0.4 is 5.32 Å². The average Bonchev–Trinajstić information content (AvgIpc) is 2.57. The van der Waals surface area contributed by atoms with Gasteiger partial charge in [0.1, 0.15) is 0 Å². The molecule has 0 amide bonds. The van der Waals surface area contributed by atoms with E-state index in [0.717, 1.165) is 34.9 Å². The third-order valence-corrected chi connectivity index (χ3v) is 5.09. The summed E-state index contributed by atoms with van der Waals surface area (Å²) in [6.07, 6.45) is 0. The number of nitrogens with one attached hydrogen (secondary N) is 1. The molecule has 0 bridgehead atoms. The number of hydrogen-bond acceptors (Lipinski definition) is 4. The third-order valence-electron chi connectivity index (χ3n) is 3.94. The van der Waals surface area contributed by atoms with Gasteiger partial charge in [-0.15, -0.1) is 12.4 Å². The number of likely N-dealkylation sites (N-methyl/N-ethyl adjacent to an activating group) is 1. The van der Waals surface area contributed by atoms with Gasteiger partial charge in [0.2, 0.25) is 0 Å². The number of carbonyl (C=O) groups excluding carboxylic acids is 1. The molecular weight excluding hydrogens is 328 g/mol. The van der Waals surface area contributed by atoms with E-state index in [4.69, 9.17) is 0 Å². The van der Waals surface area contributed by atoms with Crippen LogP contribution in [0.1, 0.15) is 24.2 Å². The minimum Gasteiger partial charge on any atom is -0.354 e. The van der Waals surface area contributed by atoms with Crippen LogP contribution in [0.5, 0.6) is 0 Å². The molecule has 3 nitrogen and oxygen atoms in total. The highest BCUT2D eigenvalue weighted by molar-refractivity contribution is 7.99. The Morgan fingerprint density at radius 1 is 1.04 bits per heavy atom. The SMILES string of the molecule is CCN(CC)CC(=O)c1ccc2c(c1)Nc1ccccc1S2.Cl. The first-order chi connectivity index (χ1) is 10.7. The highest BCUT2D eigenvalue weighted by Gasteiger charge is 2.17. The first kappa shape index (κ1) is 17.9. The predicted octanol–water partition coefficient (Wildman–Crippen LogP) is 4.84. The van der Waals surface area contributed by atoms with Gasteiger partial charge in [-0.25, -0.2) is 0 Å². The van der Waals surface area contributed by atoms with Gasteiger partial charge >= 0.3 is 0 Å². The number of para-hydroxylation sites is 1. The summed E-state index contributed by atoms with van der Waals surface area (Å²) in [6, 6.07) is 14.2. The van der Waals surface area contributed by atoms with E-state index < -0.39 is 0 Å². The molecule has 3 rings (SSSR count). The van der Waals surface area contributed by atoms with Crippen molar-refractivity contribution in [3.8, 4) is 0 Å². The van der Waals surface area contributed by atoms with E-state index in [1.807, 2.05) is 30.3 Å². The van der Waals surface area contributed by atoms with Crippen molar-refractivity contribution < 1.29 is 4.79 Å². The molecule has 0 aromatic heterocycles. The van der Waals surface area contributed by atoms with E-state index >= 15 is 0 Å². The smallest absolute Gasteiger partial charge is 0.176 e.